The van der Waals surface area contributed by atoms with Gasteiger partial charge in [0, 0.05) is 38.4 Å². The number of imidazole rings is 1. The van der Waals surface area contributed by atoms with E-state index in [1.165, 1.54) is 6.33 Å². The molecule has 11 nitrogen and oxygen atoms in total. The predicted molar refractivity (Wildman–Crippen MR) is 129 cm³/mol. The maximum absolute atomic E-state index is 13.1. The van der Waals surface area contributed by atoms with Crippen LogP contribution in [-0.2, 0) is 13.6 Å². The summed E-state index contributed by atoms with van der Waals surface area (Å²) in [7, 11) is 1.93. The first kappa shape index (κ1) is 21.3. The predicted octanol–water partition coefficient (Wildman–Crippen LogP) is 2.72. The van der Waals surface area contributed by atoms with Crippen molar-refractivity contribution in [3.63, 3.8) is 0 Å². The van der Waals surface area contributed by atoms with Crippen molar-refractivity contribution in [2.45, 2.75) is 32.9 Å². The van der Waals surface area contributed by atoms with Crippen molar-refractivity contribution >= 4 is 28.1 Å². The Bertz CT molecular complexity index is 1530. The molecule has 1 saturated heterocycles. The average molecular weight is 472 g/mol. The summed E-state index contributed by atoms with van der Waals surface area (Å²) in [6.45, 7) is 5.94. The van der Waals surface area contributed by atoms with Crippen LogP contribution in [0.2, 0.25) is 0 Å². The van der Waals surface area contributed by atoms with E-state index in [9.17, 15) is 4.79 Å². The van der Waals surface area contributed by atoms with Crippen LogP contribution in [0.3, 0.4) is 0 Å². The van der Waals surface area contributed by atoms with Crippen LogP contribution in [-0.4, -0.2) is 69.3 Å². The molecule has 1 atom stereocenters. The van der Waals surface area contributed by atoms with E-state index in [2.05, 4.69) is 32.0 Å². The topological polar surface area (TPSA) is 120 Å². The number of aromatic nitrogens is 8. The zero-order chi connectivity index (χ0) is 24.1. The van der Waals surface area contributed by atoms with Gasteiger partial charge in [-0.2, -0.15) is 10.1 Å². The van der Waals surface area contributed by atoms with Crippen molar-refractivity contribution in [3.05, 3.63) is 48.3 Å². The van der Waals surface area contributed by atoms with Gasteiger partial charge in [0.1, 0.15) is 23.9 Å². The first-order chi connectivity index (χ1) is 17.0. The number of nitrogens with zero attached hydrogens (tertiary/aromatic N) is 8. The van der Waals surface area contributed by atoms with Crippen LogP contribution in [0.25, 0.3) is 33.6 Å². The molecule has 0 unspecified atom stereocenters. The molecule has 0 bridgehead atoms. The minimum atomic E-state index is -0.186. The number of ether oxygens (including phenoxy) is 1. The van der Waals surface area contributed by atoms with Gasteiger partial charge in [-0.25, -0.2) is 9.97 Å². The minimum absolute atomic E-state index is 0.0644. The second-order valence-electron chi connectivity index (χ2n) is 8.70. The number of likely N-dealkylation sites (tertiary alicyclic amines) is 1. The normalized spacial score (nSPS) is 16.0. The van der Waals surface area contributed by atoms with Crippen LogP contribution < -0.4 is 4.74 Å². The maximum atomic E-state index is 13.1. The van der Waals surface area contributed by atoms with Gasteiger partial charge in [0.15, 0.2) is 11.2 Å². The molecular weight excluding hydrogens is 446 g/mol. The molecule has 0 aromatic carbocycles. The summed E-state index contributed by atoms with van der Waals surface area (Å²) in [5.41, 5.74) is 5.42. The Balaban J connectivity index is 1.24. The number of aryl methyl sites for hydroxylation is 2. The molecular formula is C24H25N9O2. The van der Waals surface area contributed by atoms with Gasteiger partial charge in [0.05, 0.1) is 29.3 Å². The molecule has 5 aromatic rings. The summed E-state index contributed by atoms with van der Waals surface area (Å²) < 4.78 is 10.1. The first-order valence-corrected chi connectivity index (χ1v) is 11.6. The zero-order valence-corrected chi connectivity index (χ0v) is 19.8. The molecule has 35 heavy (non-hydrogen) atoms. The van der Waals surface area contributed by atoms with Gasteiger partial charge in [-0.05, 0) is 32.0 Å². The molecule has 0 spiro atoms. The average Bonchev–Trinajstić information content (AvgIpc) is 3.65. The summed E-state index contributed by atoms with van der Waals surface area (Å²) in [5, 5.41) is 4.44. The van der Waals surface area contributed by atoms with Crippen molar-refractivity contribution in [1.29, 1.82) is 0 Å². The van der Waals surface area contributed by atoms with Crippen LogP contribution in [0.4, 0.5) is 0 Å². The molecule has 178 valence electrons. The molecule has 1 amide bonds. The lowest BCUT2D eigenvalue weighted by Crippen LogP contribution is -2.31. The monoisotopic (exact) mass is 471 g/mol. The van der Waals surface area contributed by atoms with Gasteiger partial charge >= 0.3 is 0 Å². The van der Waals surface area contributed by atoms with Crippen molar-refractivity contribution in [2.24, 2.45) is 7.05 Å². The maximum Gasteiger partial charge on any atom is 0.270 e. The highest BCUT2D eigenvalue weighted by Gasteiger charge is 2.30. The molecule has 11 heteroatoms. The fourth-order valence-electron chi connectivity index (χ4n) is 4.70. The SMILES string of the molecule is CCn1ncc(-c2nc3c(O[C@H]4CCN(C(=O)c5cc6ncccc6[nH]5)C4)ncnc3n2C)c1C. The molecule has 6 rings (SSSR count). The number of H-pyrrole nitrogens is 1. The molecule has 0 saturated carbocycles. The fourth-order valence-corrected chi connectivity index (χ4v) is 4.70. The Morgan fingerprint density at radius 3 is 2.97 bits per heavy atom. The third-order valence-corrected chi connectivity index (χ3v) is 6.60. The fraction of sp³-hybridized carbons (Fsp3) is 0.333. The van der Waals surface area contributed by atoms with E-state index in [1.54, 1.807) is 17.2 Å². The smallest absolute Gasteiger partial charge is 0.270 e. The van der Waals surface area contributed by atoms with Crippen LogP contribution in [0.1, 0.15) is 29.5 Å². The molecule has 0 aliphatic carbocycles. The van der Waals surface area contributed by atoms with Crippen molar-refractivity contribution in [1.82, 2.24) is 44.2 Å². The number of aromatic amines is 1. The third-order valence-electron chi connectivity index (χ3n) is 6.60. The highest BCUT2D eigenvalue weighted by atomic mass is 16.5. The van der Waals surface area contributed by atoms with Gasteiger partial charge in [0.25, 0.3) is 5.91 Å². The van der Waals surface area contributed by atoms with E-state index in [0.717, 1.165) is 34.7 Å². The number of rotatable bonds is 5. The largest absolute Gasteiger partial charge is 0.471 e. The van der Waals surface area contributed by atoms with Crippen molar-refractivity contribution in [2.75, 3.05) is 13.1 Å². The number of carbonyl (C=O) groups is 1. The number of carbonyl (C=O) groups excluding carboxylic acids is 1. The Kier molecular flexibility index (Phi) is 4.97. The van der Waals surface area contributed by atoms with Gasteiger partial charge in [0.2, 0.25) is 5.88 Å². The molecule has 5 aromatic heterocycles. The molecule has 1 fully saturated rings. The van der Waals surface area contributed by atoms with Crippen molar-refractivity contribution < 1.29 is 9.53 Å². The Hall–Kier alpha value is -4.28. The van der Waals surface area contributed by atoms with E-state index in [4.69, 9.17) is 9.72 Å². The highest BCUT2D eigenvalue weighted by molar-refractivity contribution is 5.97. The van der Waals surface area contributed by atoms with E-state index in [-0.39, 0.29) is 12.0 Å². The van der Waals surface area contributed by atoms with Gasteiger partial charge in [-0.1, -0.05) is 0 Å². The summed E-state index contributed by atoms with van der Waals surface area (Å²) in [6.07, 6.45) is 5.55. The minimum Gasteiger partial charge on any atom is -0.471 e. The van der Waals surface area contributed by atoms with Crippen LogP contribution in [0.5, 0.6) is 5.88 Å². The van der Waals surface area contributed by atoms with Crippen LogP contribution >= 0.6 is 0 Å². The quantitative estimate of drug-likeness (QED) is 0.418. The lowest BCUT2D eigenvalue weighted by molar-refractivity contribution is 0.0767. The van der Waals surface area contributed by atoms with E-state index < -0.39 is 0 Å². The number of amides is 1. The third kappa shape index (κ3) is 3.50. The summed E-state index contributed by atoms with van der Waals surface area (Å²) in [6, 6.07) is 5.54. The Morgan fingerprint density at radius 2 is 2.17 bits per heavy atom. The number of hydrogen-bond acceptors (Lipinski definition) is 7. The number of hydrogen-bond donors (Lipinski definition) is 1. The van der Waals surface area contributed by atoms with E-state index in [1.807, 2.05) is 41.5 Å². The summed E-state index contributed by atoms with van der Waals surface area (Å²) >= 11 is 0. The number of fused-ring (bicyclic) bond motifs is 2. The molecule has 6 heterocycles. The second-order valence-corrected chi connectivity index (χ2v) is 8.70. The molecule has 1 aliphatic rings. The van der Waals surface area contributed by atoms with Gasteiger partial charge in [-0.15, -0.1) is 0 Å². The van der Waals surface area contributed by atoms with Crippen LogP contribution in [0.15, 0.2) is 36.9 Å². The van der Waals surface area contributed by atoms with Gasteiger partial charge in [-0.3, -0.25) is 14.5 Å². The first-order valence-electron chi connectivity index (χ1n) is 11.6. The zero-order valence-electron chi connectivity index (χ0n) is 19.8. The van der Waals surface area contributed by atoms with E-state index in [0.29, 0.717) is 42.2 Å². The Labute approximate surface area is 200 Å². The Morgan fingerprint density at radius 1 is 1.29 bits per heavy atom. The summed E-state index contributed by atoms with van der Waals surface area (Å²) in [5.74, 6) is 1.12. The van der Waals surface area contributed by atoms with E-state index >= 15 is 0 Å². The molecule has 0 radical (unpaired) electrons. The second kappa shape index (κ2) is 8.19. The number of pyridine rings is 1. The lowest BCUT2D eigenvalue weighted by Gasteiger charge is -2.16. The standard InChI is InChI=1S/C24H25N9O2/c1-4-33-14(2)16(11-28-33)21-30-20-22(31(21)3)26-13-27-23(20)35-15-7-9-32(12-15)24(34)19-10-18-17(29-19)6-5-8-25-18/h5-6,8,10-11,13,15,29H,4,7,9,12H2,1-3H3/t15-/m0/s1. The summed E-state index contributed by atoms with van der Waals surface area (Å²) in [4.78, 5) is 35.9. The molecule has 1 aliphatic heterocycles. The van der Waals surface area contributed by atoms with Crippen molar-refractivity contribution in [3.8, 4) is 17.3 Å². The van der Waals surface area contributed by atoms with Gasteiger partial charge < -0.3 is 19.2 Å². The highest BCUT2D eigenvalue weighted by Crippen LogP contribution is 2.30. The lowest BCUT2D eigenvalue weighted by atomic mass is 10.2. The molecule has 1 N–H and O–H groups in total. The van der Waals surface area contributed by atoms with Crippen LogP contribution in [0, 0.1) is 6.92 Å². The number of nitrogens with one attached hydrogen (secondary N) is 1.